The summed E-state index contributed by atoms with van der Waals surface area (Å²) >= 11 is 2.94. The highest BCUT2D eigenvalue weighted by molar-refractivity contribution is 7.94. The van der Waals surface area contributed by atoms with E-state index in [-0.39, 0.29) is 77.3 Å². The first kappa shape index (κ1) is 53.9. The van der Waals surface area contributed by atoms with E-state index in [9.17, 15) is 44.2 Å². The average molecular weight is 1120 g/mol. The van der Waals surface area contributed by atoms with Crippen LogP contribution in [-0.2, 0) is 45.1 Å². The highest BCUT2D eigenvalue weighted by Crippen LogP contribution is 2.47. The van der Waals surface area contributed by atoms with Crippen molar-refractivity contribution in [1.82, 2.24) is 24.7 Å². The molecular weight excluding hydrogens is 1080 g/mol. The Morgan fingerprint density at radius 2 is 1.36 bits per heavy atom. The Labute approximate surface area is 436 Å². The van der Waals surface area contributed by atoms with E-state index in [0.29, 0.717) is 52.8 Å². The second kappa shape index (κ2) is 19.7. The van der Waals surface area contributed by atoms with Crippen LogP contribution in [-0.4, -0.2) is 68.9 Å². The summed E-state index contributed by atoms with van der Waals surface area (Å²) in [6.45, 7) is 16.7. The number of aryl methyl sites for hydroxylation is 5. The summed E-state index contributed by atoms with van der Waals surface area (Å²) in [6.07, 6.45) is 0. The molecule has 5 N–H and O–H groups in total. The molecule has 28 heteroatoms. The van der Waals surface area contributed by atoms with Gasteiger partial charge in [0.1, 0.15) is 32.9 Å². The molecule has 0 fully saturated rings. The zero-order valence-corrected chi connectivity index (χ0v) is 45.6. The fourth-order valence-electron chi connectivity index (χ4n) is 8.66. The average Bonchev–Trinajstić information content (AvgIpc) is 4.01. The van der Waals surface area contributed by atoms with Crippen molar-refractivity contribution in [3.05, 3.63) is 105 Å². The van der Waals surface area contributed by atoms with Crippen LogP contribution in [0.1, 0.15) is 71.0 Å². The van der Waals surface area contributed by atoms with Crippen molar-refractivity contribution in [1.29, 1.82) is 5.26 Å². The number of aromatic nitrogens is 5. The lowest BCUT2D eigenvalue weighted by molar-refractivity contribution is -0.432. The lowest BCUT2D eigenvalue weighted by Gasteiger charge is -2.28. The van der Waals surface area contributed by atoms with Crippen molar-refractivity contribution in [2.75, 3.05) is 10.2 Å². The molecule has 0 unspecified atom stereocenters. The van der Waals surface area contributed by atoms with E-state index in [2.05, 4.69) is 25.9 Å². The van der Waals surface area contributed by atoms with Crippen LogP contribution in [0.25, 0.3) is 25.6 Å². The molecule has 0 spiro atoms. The Morgan fingerprint density at radius 1 is 0.743 bits per heavy atom. The number of benzene rings is 4. The fraction of sp³-hybridized carbons (Fsp3) is 0.239. The summed E-state index contributed by atoms with van der Waals surface area (Å²) in [6, 6.07) is 15.9. The molecule has 4 aromatic carbocycles. The van der Waals surface area contributed by atoms with Gasteiger partial charge < -0.3 is 5.32 Å². The molecular formula is C46H44N10O12S6. The summed E-state index contributed by atoms with van der Waals surface area (Å²) in [5.74, 6) is -0.0395. The van der Waals surface area contributed by atoms with Crippen LogP contribution >= 0.6 is 34.7 Å². The molecule has 22 nitrogen and oxygen atoms in total. The number of rotatable bonds is 14. The van der Waals surface area contributed by atoms with Crippen molar-refractivity contribution < 1.29 is 53.5 Å². The number of azo groups is 1. The Morgan fingerprint density at radius 3 is 1.99 bits per heavy atom. The molecule has 4 aromatic heterocycles. The second-order valence-electron chi connectivity index (χ2n) is 18.0. The first-order valence-corrected chi connectivity index (χ1v) is 28.4. The van der Waals surface area contributed by atoms with Gasteiger partial charge in [0, 0.05) is 16.0 Å². The van der Waals surface area contributed by atoms with E-state index in [1.165, 1.54) is 66.8 Å². The van der Waals surface area contributed by atoms with Crippen molar-refractivity contribution in [3.63, 3.8) is 0 Å². The minimum absolute atomic E-state index is 0.0158. The monoisotopic (exact) mass is 1120 g/mol. The summed E-state index contributed by atoms with van der Waals surface area (Å²) in [5.41, 5.74) is 3.11. The second-order valence-corrected chi connectivity index (χ2v) is 25.0. The van der Waals surface area contributed by atoms with Crippen LogP contribution < -0.4 is 10.2 Å². The van der Waals surface area contributed by atoms with E-state index < -0.39 is 40.7 Å². The molecule has 8 aromatic rings. The maximum atomic E-state index is 13.0. The minimum Gasteiger partial charge on any atom is -0.338 e. The summed E-state index contributed by atoms with van der Waals surface area (Å²) in [7, 11) is -14.3. The highest BCUT2D eigenvalue weighted by Gasteiger charge is 2.32. The van der Waals surface area contributed by atoms with Crippen LogP contribution in [0, 0.1) is 59.8 Å². The molecule has 0 aliphatic carbocycles. The van der Waals surface area contributed by atoms with Gasteiger partial charge >= 0.3 is 0 Å². The fourth-order valence-corrected chi connectivity index (χ4v) is 13.6. The van der Waals surface area contributed by atoms with Gasteiger partial charge in [0.15, 0.2) is 16.8 Å². The Balaban J connectivity index is 1.42. The molecule has 0 bridgehead atoms. The third kappa shape index (κ3) is 10.4. The van der Waals surface area contributed by atoms with Crippen LogP contribution in [0.2, 0.25) is 0 Å². The molecule has 0 saturated carbocycles. The topological polar surface area (TPSA) is 322 Å². The smallest absolute Gasteiger partial charge is 0.295 e. The van der Waals surface area contributed by atoms with Gasteiger partial charge in [0.2, 0.25) is 5.13 Å². The molecule has 0 saturated heterocycles. The van der Waals surface area contributed by atoms with Gasteiger partial charge in [-0.25, -0.2) is 20.2 Å². The standard InChI is InChI=1S/C46H44N10O12S6/c1-21-15-24(4)39(73(61,62)63)26(6)36(21)51-42-37(52-53-43-30(20-47)41(46(8,9)10)54-56(43)45-49-31-13-11-28(71-68-67-57)18-33(31)70-45)22(2)17-35(50-42)55(38-23(3)16-25(5)40(27(38)7)74(64,65)66)44-48-32-14-12-29(72(58,59)60)19-34(32)69-44/h11-19,57H,1-10H3,(H,50,51)(H,58,59,60)(H,61,62,63)(H,64,65,66)/b53-52+. The number of nitrogens with zero attached hydrogens (tertiary/aromatic N) is 9. The van der Waals surface area contributed by atoms with Gasteiger partial charge in [-0.2, -0.15) is 40.3 Å². The number of anilines is 5. The summed E-state index contributed by atoms with van der Waals surface area (Å²) < 4.78 is 114. The SMILES string of the molecule is Cc1cc(N(c2nc3ccc(S(=O)(=O)O)cc3s2)c2c(C)cc(C)c(S(=O)(=O)O)c2C)nc(Nc2c(C)cc(C)c(S(=O)(=O)O)c2C)c1/N=N/c1c(C#N)c(C(C)(C)C)nn1-c1nc2ccc(SOOO)cc2s1. The van der Waals surface area contributed by atoms with Gasteiger partial charge in [-0.05, 0) is 130 Å². The van der Waals surface area contributed by atoms with E-state index in [4.69, 9.17) is 30.4 Å². The zero-order valence-electron chi connectivity index (χ0n) is 40.7. The van der Waals surface area contributed by atoms with Crippen molar-refractivity contribution >= 4 is 125 Å². The Kier molecular flexibility index (Phi) is 14.4. The quantitative estimate of drug-likeness (QED) is 0.0222. The van der Waals surface area contributed by atoms with E-state index in [1.807, 2.05) is 20.8 Å². The van der Waals surface area contributed by atoms with Gasteiger partial charge in [-0.3, -0.25) is 18.6 Å². The number of thiazole rings is 2. The third-order valence-electron chi connectivity index (χ3n) is 11.6. The van der Waals surface area contributed by atoms with Crippen LogP contribution in [0.3, 0.4) is 0 Å². The molecule has 74 heavy (non-hydrogen) atoms. The molecule has 8 rings (SSSR count). The van der Waals surface area contributed by atoms with Gasteiger partial charge in [0.05, 0.1) is 48.8 Å². The van der Waals surface area contributed by atoms with Crippen LogP contribution in [0.4, 0.5) is 39.6 Å². The minimum atomic E-state index is -4.85. The molecule has 0 amide bonds. The van der Waals surface area contributed by atoms with Crippen molar-refractivity contribution in [3.8, 4) is 11.2 Å². The lowest BCUT2D eigenvalue weighted by atomic mass is 9.90. The number of pyridine rings is 1. The van der Waals surface area contributed by atoms with E-state index >= 15 is 0 Å². The van der Waals surface area contributed by atoms with Gasteiger partial charge in [-0.15, -0.1) is 14.6 Å². The number of nitriles is 1. The summed E-state index contributed by atoms with van der Waals surface area (Å²) in [4.78, 5) is 15.6. The first-order valence-electron chi connectivity index (χ1n) is 21.7. The van der Waals surface area contributed by atoms with E-state index in [0.717, 1.165) is 23.4 Å². The number of nitrogens with one attached hydrogen (secondary N) is 1. The van der Waals surface area contributed by atoms with Crippen LogP contribution in [0.15, 0.2) is 84.4 Å². The first-order chi connectivity index (χ1) is 34.5. The normalized spacial score (nSPS) is 12.6. The third-order valence-corrected chi connectivity index (χ3v) is 17.3. The summed E-state index contributed by atoms with van der Waals surface area (Å²) in [5, 5.41) is 41.1. The molecule has 4 heterocycles. The van der Waals surface area contributed by atoms with Crippen molar-refractivity contribution in [2.45, 2.75) is 94.2 Å². The zero-order chi connectivity index (χ0) is 54.1. The maximum absolute atomic E-state index is 13.0. The molecule has 0 aliphatic rings. The molecule has 386 valence electrons. The van der Waals surface area contributed by atoms with Crippen LogP contribution in [0.5, 0.6) is 0 Å². The lowest BCUT2D eigenvalue weighted by Crippen LogP contribution is -2.17. The molecule has 0 aliphatic heterocycles. The van der Waals surface area contributed by atoms with Gasteiger partial charge in [-0.1, -0.05) is 60.6 Å². The highest BCUT2D eigenvalue weighted by atomic mass is 32.2. The van der Waals surface area contributed by atoms with Gasteiger partial charge in [0.25, 0.3) is 30.4 Å². The Hall–Kier alpha value is -6.33. The number of hydrogen-bond acceptors (Lipinski definition) is 21. The number of fused-ring (bicyclic) bond motifs is 2. The largest absolute Gasteiger partial charge is 0.338 e. The predicted molar refractivity (Wildman–Crippen MR) is 279 cm³/mol. The van der Waals surface area contributed by atoms with Crippen molar-refractivity contribution in [2.24, 2.45) is 10.2 Å². The Bertz CT molecular complexity index is 4070. The van der Waals surface area contributed by atoms with E-state index in [1.54, 1.807) is 57.2 Å². The maximum Gasteiger partial charge on any atom is 0.295 e. The number of hydrogen-bond donors (Lipinski definition) is 5. The molecule has 0 atom stereocenters. The predicted octanol–water partition coefficient (Wildman–Crippen LogP) is 11.6. The molecule has 0 radical (unpaired) electrons.